The quantitative estimate of drug-likeness (QED) is 0.137. The summed E-state index contributed by atoms with van der Waals surface area (Å²) in [6, 6.07) is 19.5. The van der Waals surface area contributed by atoms with E-state index in [2.05, 4.69) is 5.32 Å². The zero-order valence-corrected chi connectivity index (χ0v) is 21.0. The highest BCUT2D eigenvalue weighted by molar-refractivity contribution is 5.81. The number of methoxy groups -OCH3 is 1. The molecule has 2 N–H and O–H groups in total. The molecule has 4 nitrogen and oxygen atoms in total. The van der Waals surface area contributed by atoms with Crippen molar-refractivity contribution in [1.82, 2.24) is 0 Å². The summed E-state index contributed by atoms with van der Waals surface area (Å²) in [5, 5.41) is 13.3. The van der Waals surface area contributed by atoms with Crippen molar-refractivity contribution in [1.29, 1.82) is 0 Å². The summed E-state index contributed by atoms with van der Waals surface area (Å²) in [6.07, 6.45) is -8.82. The van der Waals surface area contributed by atoms with Crippen LogP contribution in [0.25, 0.3) is 22.3 Å². The van der Waals surface area contributed by atoms with Crippen molar-refractivity contribution in [3.8, 4) is 28.0 Å². The second kappa shape index (κ2) is 11.3. The topological polar surface area (TPSA) is 58.6 Å². The van der Waals surface area contributed by atoms with Crippen LogP contribution >= 0.6 is 0 Å². The molecule has 0 spiro atoms. The Labute approximate surface area is 225 Å². The van der Waals surface area contributed by atoms with Crippen molar-refractivity contribution in [3.63, 3.8) is 0 Å². The maximum atomic E-state index is 13.2. The second-order valence-electron chi connectivity index (χ2n) is 9.01. The Balaban J connectivity index is 1.54. The van der Waals surface area contributed by atoms with Crippen LogP contribution in [-0.2, 0) is 28.3 Å². The molecule has 0 fully saturated rings. The molecule has 0 aliphatic heterocycles. The van der Waals surface area contributed by atoms with Crippen LogP contribution in [-0.4, -0.2) is 24.2 Å². The summed E-state index contributed by atoms with van der Waals surface area (Å²) in [7, 11) is 1.22. The van der Waals surface area contributed by atoms with Gasteiger partial charge in [-0.2, -0.15) is 26.3 Å². The monoisotopic (exact) mass is 559 g/mol. The Hall–Kier alpha value is -4.47. The van der Waals surface area contributed by atoms with E-state index in [1.807, 2.05) is 0 Å². The molecule has 4 aromatic carbocycles. The van der Waals surface area contributed by atoms with Gasteiger partial charge in [-0.1, -0.05) is 48.5 Å². The van der Waals surface area contributed by atoms with Crippen molar-refractivity contribution in [2.45, 2.75) is 24.8 Å². The minimum atomic E-state index is -4.56. The van der Waals surface area contributed by atoms with Crippen molar-refractivity contribution < 1.29 is 41.0 Å². The first-order valence-electron chi connectivity index (χ1n) is 12.0. The van der Waals surface area contributed by atoms with E-state index in [-0.39, 0.29) is 23.3 Å². The van der Waals surface area contributed by atoms with Crippen molar-refractivity contribution >= 4 is 11.7 Å². The summed E-state index contributed by atoms with van der Waals surface area (Å²) in [6.45, 7) is 0. The van der Waals surface area contributed by atoms with Gasteiger partial charge in [0, 0.05) is 17.7 Å². The van der Waals surface area contributed by atoms with Crippen LogP contribution in [0.5, 0.6) is 5.75 Å². The van der Waals surface area contributed by atoms with Crippen LogP contribution in [0.4, 0.5) is 32.0 Å². The number of esters is 1. The lowest BCUT2D eigenvalue weighted by molar-refractivity contribution is -0.141. The van der Waals surface area contributed by atoms with E-state index >= 15 is 0 Å². The smallest absolute Gasteiger partial charge is 0.416 e. The first-order valence-corrected chi connectivity index (χ1v) is 12.0. The minimum absolute atomic E-state index is 0.139. The first-order chi connectivity index (χ1) is 18.8. The Morgan fingerprint density at radius 2 is 1.38 bits per heavy atom. The van der Waals surface area contributed by atoms with Crippen LogP contribution in [0.2, 0.25) is 0 Å². The summed E-state index contributed by atoms with van der Waals surface area (Å²) in [5.74, 6) is -0.834. The van der Waals surface area contributed by atoms with E-state index in [4.69, 9.17) is 4.74 Å². The average Bonchev–Trinajstić information content (AvgIpc) is 2.93. The summed E-state index contributed by atoms with van der Waals surface area (Å²) in [5.41, 5.74) is 1.03. The van der Waals surface area contributed by atoms with Crippen LogP contribution < -0.4 is 5.32 Å². The Morgan fingerprint density at radius 1 is 0.775 bits per heavy atom. The van der Waals surface area contributed by atoms with E-state index in [1.165, 1.54) is 49.6 Å². The van der Waals surface area contributed by atoms with Crippen LogP contribution in [0.15, 0.2) is 91.0 Å². The van der Waals surface area contributed by atoms with Gasteiger partial charge in [0.25, 0.3) is 0 Å². The highest BCUT2D eigenvalue weighted by atomic mass is 19.4. The zero-order chi connectivity index (χ0) is 29.1. The first kappa shape index (κ1) is 28.5. The number of hydrogen-bond donors (Lipinski definition) is 2. The molecule has 0 heterocycles. The third-order valence-corrected chi connectivity index (χ3v) is 6.26. The van der Waals surface area contributed by atoms with E-state index < -0.39 is 35.5 Å². The number of nitrogens with one attached hydrogen (secondary N) is 1. The van der Waals surface area contributed by atoms with Crippen molar-refractivity contribution in [2.24, 2.45) is 0 Å². The number of carbonyl (C=O) groups excluding carboxylic acids is 1. The number of benzene rings is 4. The van der Waals surface area contributed by atoms with Gasteiger partial charge < -0.3 is 15.2 Å². The third-order valence-electron chi connectivity index (χ3n) is 6.26. The Kier molecular flexibility index (Phi) is 8.08. The molecule has 0 aromatic heterocycles. The molecule has 0 bridgehead atoms. The molecule has 0 amide bonds. The summed E-state index contributed by atoms with van der Waals surface area (Å²) in [4.78, 5) is 12.5. The molecule has 0 aliphatic carbocycles. The van der Waals surface area contributed by atoms with Gasteiger partial charge in [0.15, 0.2) is 0 Å². The number of halogens is 6. The van der Waals surface area contributed by atoms with Crippen molar-refractivity contribution in [3.05, 3.63) is 108 Å². The molecule has 10 heteroatoms. The van der Waals surface area contributed by atoms with Gasteiger partial charge in [0.1, 0.15) is 11.8 Å². The van der Waals surface area contributed by atoms with E-state index in [0.717, 1.165) is 29.8 Å². The predicted molar refractivity (Wildman–Crippen MR) is 139 cm³/mol. The molecular weight excluding hydrogens is 536 g/mol. The highest BCUT2D eigenvalue weighted by Gasteiger charge is 2.31. The number of carbonyl (C=O) groups is 1. The SMILES string of the molecule is COC(=O)C(Cc1ccc(-c2ccc(C(F)(F)F)cc2)cc1)Nc1ccc(O)c(-c2cccc(C(F)(F)F)c2)c1. The fourth-order valence-electron chi connectivity index (χ4n) is 4.18. The number of hydrogen-bond acceptors (Lipinski definition) is 4. The molecule has 0 saturated heterocycles. The number of alkyl halides is 6. The van der Waals surface area contributed by atoms with E-state index in [0.29, 0.717) is 16.8 Å². The lowest BCUT2D eigenvalue weighted by Crippen LogP contribution is -2.32. The predicted octanol–water partition coefficient (Wildman–Crippen LogP) is 7.96. The molecular formula is C30H23F6NO3. The van der Waals surface area contributed by atoms with Gasteiger partial charge >= 0.3 is 18.3 Å². The zero-order valence-electron chi connectivity index (χ0n) is 21.0. The summed E-state index contributed by atoms with van der Waals surface area (Å²) < 4.78 is 83.0. The van der Waals surface area contributed by atoms with Gasteiger partial charge in [-0.25, -0.2) is 4.79 Å². The standard InChI is InChI=1S/C30H23F6NO3/c1-40-28(39)26(15-18-5-7-19(8-6-18)20-9-11-22(12-10-20)29(31,32)33)37-24-13-14-27(38)25(17-24)21-3-2-4-23(16-21)30(34,35)36/h2-14,16-17,26,37-38H,15H2,1H3. The van der Waals surface area contributed by atoms with Crippen LogP contribution in [0.3, 0.4) is 0 Å². The third kappa shape index (κ3) is 6.74. The molecule has 40 heavy (non-hydrogen) atoms. The van der Waals surface area contributed by atoms with Gasteiger partial charge in [-0.3, -0.25) is 0 Å². The second-order valence-corrected chi connectivity index (χ2v) is 9.01. The van der Waals surface area contributed by atoms with Crippen molar-refractivity contribution in [2.75, 3.05) is 12.4 Å². The number of phenolic OH excluding ortho intramolecular Hbond substituents is 1. The van der Waals surface area contributed by atoms with Gasteiger partial charge in [-0.05, 0) is 64.7 Å². The molecule has 1 unspecified atom stereocenters. The lowest BCUT2D eigenvalue weighted by atomic mass is 9.99. The number of anilines is 1. The fourth-order valence-corrected chi connectivity index (χ4v) is 4.18. The average molecular weight is 560 g/mol. The van der Waals surface area contributed by atoms with Crippen LogP contribution in [0.1, 0.15) is 16.7 Å². The lowest BCUT2D eigenvalue weighted by Gasteiger charge is -2.19. The maximum Gasteiger partial charge on any atom is 0.416 e. The minimum Gasteiger partial charge on any atom is -0.507 e. The Morgan fingerprint density at radius 3 is 1.95 bits per heavy atom. The normalized spacial score (nSPS) is 12.6. The largest absolute Gasteiger partial charge is 0.507 e. The molecule has 4 rings (SSSR count). The highest BCUT2D eigenvalue weighted by Crippen LogP contribution is 2.36. The molecule has 0 aliphatic rings. The van der Waals surface area contributed by atoms with E-state index in [1.54, 1.807) is 24.3 Å². The molecule has 1 atom stereocenters. The molecule has 0 radical (unpaired) electrons. The Bertz CT molecular complexity index is 1480. The molecule has 0 saturated carbocycles. The molecule has 4 aromatic rings. The number of aromatic hydroxyl groups is 1. The fraction of sp³-hybridized carbons (Fsp3) is 0.167. The van der Waals surface area contributed by atoms with E-state index in [9.17, 15) is 36.2 Å². The van der Waals surface area contributed by atoms with Gasteiger partial charge in [-0.15, -0.1) is 0 Å². The number of ether oxygens (including phenoxy) is 1. The molecule has 208 valence electrons. The van der Waals surface area contributed by atoms with Gasteiger partial charge in [0.05, 0.1) is 18.2 Å². The summed E-state index contributed by atoms with van der Waals surface area (Å²) >= 11 is 0. The maximum absolute atomic E-state index is 13.2. The number of phenols is 1. The van der Waals surface area contributed by atoms with Crippen LogP contribution in [0, 0.1) is 0 Å². The van der Waals surface area contributed by atoms with Gasteiger partial charge in [0.2, 0.25) is 0 Å². The number of rotatable bonds is 7.